The highest BCUT2D eigenvalue weighted by Gasteiger charge is 2.37. The van der Waals surface area contributed by atoms with Crippen LogP contribution in [-0.2, 0) is 19.4 Å². The minimum absolute atomic E-state index is 0.0215. The summed E-state index contributed by atoms with van der Waals surface area (Å²) >= 11 is 0. The fraction of sp³-hybridized carbons (Fsp3) is 0.0625. The number of hydrogen-bond donors (Lipinski definition) is 5. The molecule has 2 aromatic rings. The first kappa shape index (κ1) is 18.9. The molecule has 0 saturated carbocycles. The minimum Gasteiger partial charge on any atom is -0.480 e. The monoisotopic (exact) mass is 376 g/mol. The molecule has 1 atom stereocenters. The lowest BCUT2D eigenvalue weighted by Gasteiger charge is -2.17. The second-order valence-corrected chi connectivity index (χ2v) is 7.19. The number of carboxylic acids is 1. The SMILES string of the molecule is N=C(N)Nc1cccc(C(C(=O)O)S(=O)(=O)c2ccccc2NC=O)c1. The Morgan fingerprint density at radius 2 is 1.88 bits per heavy atom. The van der Waals surface area contributed by atoms with E-state index in [0.29, 0.717) is 6.41 Å². The first-order valence-corrected chi connectivity index (χ1v) is 8.79. The molecule has 0 aliphatic rings. The number of anilines is 2. The lowest BCUT2D eigenvalue weighted by atomic mass is 10.1. The normalized spacial score (nSPS) is 12.0. The molecule has 2 rings (SSSR count). The molecule has 0 aromatic heterocycles. The Kier molecular flexibility index (Phi) is 5.58. The molecule has 0 radical (unpaired) electrons. The number of hydrogen-bond acceptors (Lipinski definition) is 5. The van der Waals surface area contributed by atoms with Gasteiger partial charge >= 0.3 is 5.97 Å². The number of carbonyl (C=O) groups excluding carboxylic acids is 1. The molecule has 10 heteroatoms. The van der Waals surface area contributed by atoms with Gasteiger partial charge in [0, 0.05) is 5.69 Å². The van der Waals surface area contributed by atoms with E-state index in [1.807, 2.05) is 0 Å². The van der Waals surface area contributed by atoms with Crippen LogP contribution in [0, 0.1) is 5.41 Å². The molecular weight excluding hydrogens is 360 g/mol. The van der Waals surface area contributed by atoms with Gasteiger partial charge in [-0.25, -0.2) is 8.42 Å². The molecule has 9 nitrogen and oxygen atoms in total. The van der Waals surface area contributed by atoms with E-state index in [2.05, 4.69) is 10.6 Å². The predicted octanol–water partition coefficient (Wildman–Crippen LogP) is 1.16. The van der Waals surface area contributed by atoms with Crippen LogP contribution < -0.4 is 16.4 Å². The van der Waals surface area contributed by atoms with Gasteiger partial charge in [-0.05, 0) is 29.8 Å². The van der Waals surface area contributed by atoms with Crippen LogP contribution in [0.15, 0.2) is 53.4 Å². The second-order valence-electron chi connectivity index (χ2n) is 5.19. The van der Waals surface area contributed by atoms with Crippen molar-refractivity contribution in [3.63, 3.8) is 0 Å². The van der Waals surface area contributed by atoms with Crippen molar-refractivity contribution < 1.29 is 23.1 Å². The smallest absolute Gasteiger partial charge is 0.326 e. The standard InChI is InChI=1S/C16H16N4O5S/c17-16(18)20-11-5-3-4-10(8-11)14(15(22)23)26(24,25)13-7-2-1-6-12(13)19-9-21/h1-9,14H,(H,19,21)(H,22,23)(H4,17,18,20). The molecule has 1 amide bonds. The summed E-state index contributed by atoms with van der Waals surface area (Å²) in [6.07, 6.45) is 0.307. The van der Waals surface area contributed by atoms with Gasteiger partial charge in [0.05, 0.1) is 10.6 Å². The number of nitrogens with two attached hydrogens (primary N) is 1. The molecule has 0 fully saturated rings. The van der Waals surface area contributed by atoms with Crippen molar-refractivity contribution in [3.8, 4) is 0 Å². The molecule has 0 aliphatic heterocycles. The van der Waals surface area contributed by atoms with E-state index < -0.39 is 21.1 Å². The first-order chi connectivity index (χ1) is 12.3. The van der Waals surface area contributed by atoms with Crippen molar-refractivity contribution in [2.45, 2.75) is 10.1 Å². The molecule has 0 spiro atoms. The maximum Gasteiger partial charge on any atom is 0.326 e. The molecule has 136 valence electrons. The molecule has 26 heavy (non-hydrogen) atoms. The van der Waals surface area contributed by atoms with Crippen molar-refractivity contribution in [1.82, 2.24) is 0 Å². The zero-order chi connectivity index (χ0) is 19.3. The summed E-state index contributed by atoms with van der Waals surface area (Å²) in [5.74, 6) is -1.96. The Bertz CT molecular complexity index is 959. The highest BCUT2D eigenvalue weighted by molar-refractivity contribution is 7.92. The number of sulfone groups is 1. The second kappa shape index (κ2) is 7.66. The number of carboxylic acid groups (broad SMARTS) is 1. The van der Waals surface area contributed by atoms with Crippen LogP contribution in [0.4, 0.5) is 11.4 Å². The van der Waals surface area contributed by atoms with Crippen LogP contribution in [0.25, 0.3) is 0 Å². The average molecular weight is 376 g/mol. The third-order valence-electron chi connectivity index (χ3n) is 3.41. The van der Waals surface area contributed by atoms with Crippen LogP contribution >= 0.6 is 0 Å². The summed E-state index contributed by atoms with van der Waals surface area (Å²) < 4.78 is 26.0. The lowest BCUT2D eigenvalue weighted by Crippen LogP contribution is -2.24. The number of amides is 1. The molecule has 2 aromatic carbocycles. The molecule has 6 N–H and O–H groups in total. The summed E-state index contributed by atoms with van der Waals surface area (Å²) in [6, 6.07) is 11.1. The van der Waals surface area contributed by atoms with E-state index in [9.17, 15) is 23.1 Å². The van der Waals surface area contributed by atoms with Gasteiger partial charge in [0.15, 0.2) is 21.0 Å². The topological polar surface area (TPSA) is 162 Å². The van der Waals surface area contributed by atoms with Crippen molar-refractivity contribution in [3.05, 3.63) is 54.1 Å². The summed E-state index contributed by atoms with van der Waals surface area (Å²) in [7, 11) is -4.39. The van der Waals surface area contributed by atoms with Gasteiger partial charge in [0.25, 0.3) is 0 Å². The number of nitrogens with one attached hydrogen (secondary N) is 3. The minimum atomic E-state index is -4.39. The van der Waals surface area contributed by atoms with Crippen LogP contribution in [0.1, 0.15) is 10.8 Å². The van der Waals surface area contributed by atoms with Crippen LogP contribution in [-0.4, -0.2) is 31.9 Å². The lowest BCUT2D eigenvalue weighted by molar-refractivity contribution is -0.136. The fourth-order valence-corrected chi connectivity index (χ4v) is 4.14. The largest absolute Gasteiger partial charge is 0.480 e. The van der Waals surface area contributed by atoms with Gasteiger partial charge in [0.1, 0.15) is 0 Å². The Hall–Kier alpha value is -3.40. The number of para-hydroxylation sites is 1. The van der Waals surface area contributed by atoms with E-state index in [0.717, 1.165) is 0 Å². The van der Waals surface area contributed by atoms with Gasteiger partial charge in [-0.15, -0.1) is 0 Å². The van der Waals surface area contributed by atoms with Gasteiger partial charge in [-0.2, -0.15) is 0 Å². The summed E-state index contributed by atoms with van der Waals surface area (Å²) in [5, 5.41) is 19.6. The quantitative estimate of drug-likeness (QED) is 0.275. The van der Waals surface area contributed by atoms with E-state index >= 15 is 0 Å². The van der Waals surface area contributed by atoms with Gasteiger partial charge < -0.3 is 21.5 Å². The zero-order valence-electron chi connectivity index (χ0n) is 13.3. The Labute approximate surface area is 149 Å². The maximum absolute atomic E-state index is 13.0. The van der Waals surface area contributed by atoms with Crippen molar-refractivity contribution in [1.29, 1.82) is 5.41 Å². The highest BCUT2D eigenvalue weighted by atomic mass is 32.2. The Morgan fingerprint density at radius 3 is 2.50 bits per heavy atom. The Balaban J connectivity index is 2.59. The van der Waals surface area contributed by atoms with E-state index in [1.165, 1.54) is 48.5 Å². The van der Waals surface area contributed by atoms with Crippen LogP contribution in [0.3, 0.4) is 0 Å². The van der Waals surface area contributed by atoms with Crippen molar-refractivity contribution in [2.75, 3.05) is 10.6 Å². The molecule has 1 unspecified atom stereocenters. The average Bonchev–Trinajstić information content (AvgIpc) is 2.54. The van der Waals surface area contributed by atoms with Gasteiger partial charge in [-0.1, -0.05) is 24.3 Å². The molecule has 0 bridgehead atoms. The highest BCUT2D eigenvalue weighted by Crippen LogP contribution is 2.34. The number of benzene rings is 2. The first-order valence-electron chi connectivity index (χ1n) is 7.24. The third kappa shape index (κ3) is 3.98. The fourth-order valence-electron chi connectivity index (χ4n) is 2.41. The third-order valence-corrected chi connectivity index (χ3v) is 5.47. The van der Waals surface area contributed by atoms with Crippen molar-refractivity contribution in [2.24, 2.45) is 5.73 Å². The van der Waals surface area contributed by atoms with Gasteiger partial charge in [0.2, 0.25) is 6.41 Å². The molecule has 0 saturated heterocycles. The van der Waals surface area contributed by atoms with E-state index in [1.54, 1.807) is 0 Å². The number of guanidine groups is 1. The summed E-state index contributed by atoms with van der Waals surface area (Å²) in [6.45, 7) is 0. The van der Waals surface area contributed by atoms with Gasteiger partial charge in [-0.3, -0.25) is 15.0 Å². The molecular formula is C16H16N4O5S. The number of rotatable bonds is 7. The van der Waals surface area contributed by atoms with Crippen molar-refractivity contribution >= 4 is 39.6 Å². The summed E-state index contributed by atoms with van der Waals surface area (Å²) in [5.41, 5.74) is 5.47. The maximum atomic E-state index is 13.0. The van der Waals surface area contributed by atoms with Crippen LogP contribution in [0.5, 0.6) is 0 Å². The molecule has 0 heterocycles. The zero-order valence-corrected chi connectivity index (χ0v) is 14.2. The summed E-state index contributed by atoms with van der Waals surface area (Å²) in [4.78, 5) is 22.2. The Morgan fingerprint density at radius 1 is 1.19 bits per heavy atom. The molecule has 0 aliphatic carbocycles. The predicted molar refractivity (Wildman–Crippen MR) is 95.7 cm³/mol. The number of aliphatic carboxylic acids is 1. The van der Waals surface area contributed by atoms with E-state index in [-0.39, 0.29) is 27.8 Å². The number of carbonyl (C=O) groups is 2. The van der Waals surface area contributed by atoms with Crippen LogP contribution in [0.2, 0.25) is 0 Å². The van der Waals surface area contributed by atoms with E-state index in [4.69, 9.17) is 11.1 Å².